The maximum Gasteiger partial charge on any atom is 0.451 e. The summed E-state index contributed by atoms with van der Waals surface area (Å²) < 4.78 is 77.2. The summed E-state index contributed by atoms with van der Waals surface area (Å²) >= 11 is 0. The molecule has 3 heterocycles. The molecule has 2 atom stereocenters. The molecule has 0 radical (unpaired) electrons. The molecule has 192 valence electrons. The van der Waals surface area contributed by atoms with E-state index in [1.807, 2.05) is 4.31 Å². The highest BCUT2D eigenvalue weighted by Crippen LogP contribution is 2.27. The number of hydrogen-bond acceptors (Lipinski definition) is 5. The van der Waals surface area contributed by atoms with Gasteiger partial charge in [-0.2, -0.15) is 17.6 Å². The summed E-state index contributed by atoms with van der Waals surface area (Å²) in [7, 11) is -1.13. The van der Waals surface area contributed by atoms with E-state index in [0.29, 0.717) is 22.9 Å². The lowest BCUT2D eigenvalue weighted by Gasteiger charge is -2.19. The minimum absolute atomic E-state index is 0.0856. The van der Waals surface area contributed by atoms with Crippen LogP contribution in [0.4, 0.5) is 22.0 Å². The molecule has 0 aliphatic carbocycles. The molecule has 2 unspecified atom stereocenters. The summed E-state index contributed by atoms with van der Waals surface area (Å²) in [5.74, 6) is -2.32. The van der Waals surface area contributed by atoms with Crippen LogP contribution in [0.5, 0.6) is 0 Å². The van der Waals surface area contributed by atoms with Crippen LogP contribution in [0.1, 0.15) is 31.2 Å². The molecular weight excluding hydrogens is 505 g/mol. The zero-order valence-corrected chi connectivity index (χ0v) is 19.8. The van der Waals surface area contributed by atoms with Crippen LogP contribution in [0, 0.1) is 11.8 Å². The van der Waals surface area contributed by atoms with Crippen LogP contribution in [0.2, 0.25) is 0 Å². The van der Waals surface area contributed by atoms with E-state index in [9.17, 15) is 31.0 Å². The van der Waals surface area contributed by atoms with Crippen LogP contribution in [0.15, 0.2) is 53.8 Å². The van der Waals surface area contributed by atoms with Crippen molar-refractivity contribution in [2.24, 2.45) is 0 Å². The standard InChI is InChI=1S/C12H8F4N4O.C11H14FNOS/c13-10-8(2-17-6-21)1-7(3-18-10)9-4-19-11(20-5-9)12(14,15)16;1-9-3-2-8-13(9)15(14)11-6-4-10(12)5-7-11/h1,3-6H,2H2,(H,17,21);4-7,9H,2-3,8H2,1H3. The van der Waals surface area contributed by atoms with Crippen molar-refractivity contribution in [1.82, 2.24) is 24.6 Å². The minimum atomic E-state index is -4.63. The lowest BCUT2D eigenvalue weighted by atomic mass is 10.1. The van der Waals surface area contributed by atoms with E-state index in [4.69, 9.17) is 0 Å². The van der Waals surface area contributed by atoms with Crippen molar-refractivity contribution in [2.45, 2.75) is 43.4 Å². The quantitative estimate of drug-likeness (QED) is 0.294. The van der Waals surface area contributed by atoms with Gasteiger partial charge < -0.3 is 5.32 Å². The van der Waals surface area contributed by atoms with Crippen molar-refractivity contribution < 1.29 is 31.0 Å². The fraction of sp³-hybridized carbons (Fsp3) is 0.304. The van der Waals surface area contributed by atoms with E-state index in [1.165, 1.54) is 18.2 Å². The summed E-state index contributed by atoms with van der Waals surface area (Å²) in [4.78, 5) is 20.8. The molecular formula is C23H22F5N5O2S. The van der Waals surface area contributed by atoms with Gasteiger partial charge in [0.1, 0.15) is 16.8 Å². The summed E-state index contributed by atoms with van der Waals surface area (Å²) in [6, 6.07) is 7.61. The van der Waals surface area contributed by atoms with E-state index in [2.05, 4.69) is 27.2 Å². The molecule has 4 rings (SSSR count). The third kappa shape index (κ3) is 7.10. The third-order valence-electron chi connectivity index (χ3n) is 5.25. The second-order valence-corrected chi connectivity index (χ2v) is 9.24. The molecule has 1 aromatic carbocycles. The van der Waals surface area contributed by atoms with Gasteiger partial charge in [0.25, 0.3) is 0 Å². The van der Waals surface area contributed by atoms with Crippen LogP contribution in [-0.4, -0.2) is 42.5 Å². The van der Waals surface area contributed by atoms with Crippen molar-refractivity contribution in [3.63, 3.8) is 0 Å². The Bertz CT molecular complexity index is 1190. The molecule has 0 bridgehead atoms. The largest absolute Gasteiger partial charge is 0.451 e. The molecule has 36 heavy (non-hydrogen) atoms. The number of nitrogens with zero attached hydrogens (tertiary/aromatic N) is 4. The summed E-state index contributed by atoms with van der Waals surface area (Å²) in [6.07, 6.45) is 1.04. The molecule has 2 aromatic heterocycles. The number of amides is 1. The van der Waals surface area contributed by atoms with Crippen molar-refractivity contribution in [1.29, 1.82) is 0 Å². The number of nitrogens with one attached hydrogen (secondary N) is 1. The molecule has 1 fully saturated rings. The van der Waals surface area contributed by atoms with Gasteiger partial charge in [-0.25, -0.2) is 27.9 Å². The number of benzene rings is 1. The lowest BCUT2D eigenvalue weighted by Crippen LogP contribution is -2.28. The fourth-order valence-corrected chi connectivity index (χ4v) is 4.76. The average Bonchev–Trinajstić information content (AvgIpc) is 3.29. The van der Waals surface area contributed by atoms with Gasteiger partial charge in [0, 0.05) is 54.4 Å². The second kappa shape index (κ2) is 12.1. The smallest absolute Gasteiger partial charge is 0.354 e. The first-order valence-electron chi connectivity index (χ1n) is 10.7. The van der Waals surface area contributed by atoms with E-state index < -0.39 is 28.9 Å². The van der Waals surface area contributed by atoms with Crippen LogP contribution in [0.25, 0.3) is 11.1 Å². The number of carbonyl (C=O) groups excluding carboxylic acids is 1. The van der Waals surface area contributed by atoms with E-state index in [0.717, 1.165) is 38.0 Å². The Morgan fingerprint density at radius 1 is 1.08 bits per heavy atom. The monoisotopic (exact) mass is 527 g/mol. The first-order valence-corrected chi connectivity index (χ1v) is 11.9. The highest BCUT2D eigenvalue weighted by molar-refractivity contribution is 7.82. The minimum Gasteiger partial charge on any atom is -0.354 e. The Labute approximate surface area is 206 Å². The number of aromatic nitrogens is 3. The number of halogens is 5. The Kier molecular flexibility index (Phi) is 9.15. The van der Waals surface area contributed by atoms with Gasteiger partial charge in [-0.3, -0.25) is 4.79 Å². The zero-order valence-electron chi connectivity index (χ0n) is 19.0. The molecule has 3 aromatic rings. The normalized spacial score (nSPS) is 16.7. The molecule has 1 N–H and O–H groups in total. The topological polar surface area (TPSA) is 88.1 Å². The van der Waals surface area contributed by atoms with E-state index >= 15 is 0 Å². The molecule has 1 aliphatic rings. The van der Waals surface area contributed by atoms with Crippen LogP contribution in [0.3, 0.4) is 0 Å². The van der Waals surface area contributed by atoms with E-state index in [-0.39, 0.29) is 23.5 Å². The van der Waals surface area contributed by atoms with Crippen molar-refractivity contribution in [2.75, 3.05) is 6.54 Å². The van der Waals surface area contributed by atoms with Crippen molar-refractivity contribution in [3.05, 3.63) is 72.1 Å². The maximum atomic E-state index is 13.4. The zero-order chi connectivity index (χ0) is 26.3. The fourth-order valence-electron chi connectivity index (χ4n) is 3.39. The molecule has 1 amide bonds. The van der Waals surface area contributed by atoms with Gasteiger partial charge in [-0.05, 0) is 50.1 Å². The number of alkyl halides is 3. The number of pyridine rings is 1. The third-order valence-corrected chi connectivity index (χ3v) is 6.89. The molecule has 1 aliphatic heterocycles. The SMILES string of the molecule is CC1CCCN1S(=O)c1ccc(F)cc1.O=CNCc1cc(-c2cnc(C(F)(F)F)nc2)cnc1F. The Morgan fingerprint density at radius 2 is 1.72 bits per heavy atom. The predicted octanol–water partition coefficient (Wildman–Crippen LogP) is 4.28. The Hall–Kier alpha value is -3.32. The molecule has 13 heteroatoms. The predicted molar refractivity (Wildman–Crippen MR) is 121 cm³/mol. The van der Waals surface area contributed by atoms with Crippen molar-refractivity contribution >= 4 is 17.4 Å². The van der Waals surface area contributed by atoms with Crippen LogP contribution >= 0.6 is 0 Å². The summed E-state index contributed by atoms with van der Waals surface area (Å²) in [5, 5.41) is 2.27. The molecule has 0 saturated carbocycles. The molecule has 7 nitrogen and oxygen atoms in total. The van der Waals surface area contributed by atoms with Crippen molar-refractivity contribution in [3.8, 4) is 11.1 Å². The van der Waals surface area contributed by atoms with Gasteiger partial charge in [0.2, 0.25) is 18.2 Å². The first-order chi connectivity index (χ1) is 17.1. The second-order valence-electron chi connectivity index (χ2n) is 7.80. The molecule has 0 spiro atoms. The van der Waals surface area contributed by atoms with E-state index in [1.54, 1.807) is 12.1 Å². The Morgan fingerprint density at radius 3 is 2.28 bits per heavy atom. The van der Waals surface area contributed by atoms with Crippen LogP contribution in [-0.2, 0) is 28.5 Å². The maximum absolute atomic E-state index is 13.4. The lowest BCUT2D eigenvalue weighted by molar-refractivity contribution is -0.145. The van der Waals surface area contributed by atoms with Crippen LogP contribution < -0.4 is 5.32 Å². The number of carbonyl (C=O) groups is 1. The summed E-state index contributed by atoms with van der Waals surface area (Å²) in [6.45, 7) is 2.86. The van der Waals surface area contributed by atoms with Gasteiger partial charge >= 0.3 is 6.18 Å². The average molecular weight is 528 g/mol. The molecule has 1 saturated heterocycles. The number of rotatable bonds is 6. The highest BCUT2D eigenvalue weighted by Gasteiger charge is 2.34. The van der Waals surface area contributed by atoms with Gasteiger partial charge in [-0.1, -0.05) is 0 Å². The van der Waals surface area contributed by atoms with Gasteiger partial charge in [-0.15, -0.1) is 0 Å². The Balaban J connectivity index is 0.000000212. The summed E-state index contributed by atoms with van der Waals surface area (Å²) in [5.41, 5.74) is 0.690. The van der Waals surface area contributed by atoms with Gasteiger partial charge in [0.05, 0.1) is 4.90 Å². The highest BCUT2D eigenvalue weighted by atomic mass is 32.2. The first kappa shape index (κ1) is 27.3. The number of hydrogen-bond donors (Lipinski definition) is 1. The van der Waals surface area contributed by atoms with Gasteiger partial charge in [0.15, 0.2) is 0 Å².